The highest BCUT2D eigenvalue weighted by Crippen LogP contribution is 2.28. The fraction of sp³-hybridized carbons (Fsp3) is 0.235. The van der Waals surface area contributed by atoms with E-state index < -0.39 is 0 Å². The SMILES string of the molecule is N=C(c1cccc(Cl)c1Cl)N1CCN(c2ccccc2Cl)CC1. The summed E-state index contributed by atoms with van der Waals surface area (Å²) < 4.78 is 0. The highest BCUT2D eigenvalue weighted by Gasteiger charge is 2.22. The van der Waals surface area contributed by atoms with Crippen molar-refractivity contribution in [3.8, 4) is 0 Å². The molecule has 0 aromatic heterocycles. The lowest BCUT2D eigenvalue weighted by atomic mass is 10.1. The van der Waals surface area contributed by atoms with Crippen molar-refractivity contribution in [2.45, 2.75) is 0 Å². The molecule has 1 aliphatic rings. The number of halogens is 3. The van der Waals surface area contributed by atoms with Gasteiger partial charge in [-0.15, -0.1) is 0 Å². The zero-order valence-electron chi connectivity index (χ0n) is 12.4. The van der Waals surface area contributed by atoms with Crippen LogP contribution in [0.2, 0.25) is 15.1 Å². The second kappa shape index (κ2) is 7.00. The van der Waals surface area contributed by atoms with Crippen LogP contribution in [0.15, 0.2) is 42.5 Å². The predicted octanol–water partition coefficient (Wildman–Crippen LogP) is 4.79. The molecule has 0 radical (unpaired) electrons. The molecule has 120 valence electrons. The molecule has 6 heteroatoms. The third kappa shape index (κ3) is 3.42. The van der Waals surface area contributed by atoms with Crippen molar-refractivity contribution in [1.29, 1.82) is 5.41 Å². The molecule has 0 amide bonds. The standard InChI is InChI=1S/C17H16Cl3N3/c18-13-5-1-2-7-15(13)22-8-10-23(11-9-22)17(21)12-4-3-6-14(19)16(12)20/h1-7,21H,8-11H2. The zero-order valence-corrected chi connectivity index (χ0v) is 14.7. The molecule has 0 unspecified atom stereocenters. The lowest BCUT2D eigenvalue weighted by molar-refractivity contribution is 0.384. The summed E-state index contributed by atoms with van der Waals surface area (Å²) in [5.74, 6) is 0.413. The minimum Gasteiger partial charge on any atom is -0.367 e. The Kier molecular flexibility index (Phi) is 5.00. The van der Waals surface area contributed by atoms with Gasteiger partial charge in [-0.2, -0.15) is 0 Å². The fourth-order valence-corrected chi connectivity index (χ4v) is 3.38. The zero-order chi connectivity index (χ0) is 16.4. The van der Waals surface area contributed by atoms with Gasteiger partial charge >= 0.3 is 0 Å². The molecule has 0 saturated carbocycles. The maximum absolute atomic E-state index is 8.41. The van der Waals surface area contributed by atoms with Gasteiger partial charge in [0.15, 0.2) is 0 Å². The van der Waals surface area contributed by atoms with Crippen molar-refractivity contribution in [1.82, 2.24) is 4.90 Å². The van der Waals surface area contributed by atoms with Crippen LogP contribution in [0, 0.1) is 5.41 Å². The minimum atomic E-state index is 0.413. The number of anilines is 1. The molecule has 1 N–H and O–H groups in total. The monoisotopic (exact) mass is 367 g/mol. The number of piperazine rings is 1. The molecule has 2 aromatic carbocycles. The summed E-state index contributed by atoms with van der Waals surface area (Å²) in [6.07, 6.45) is 0. The van der Waals surface area contributed by atoms with E-state index in [-0.39, 0.29) is 0 Å². The van der Waals surface area contributed by atoms with Crippen LogP contribution in [0.3, 0.4) is 0 Å². The summed E-state index contributed by atoms with van der Waals surface area (Å²) in [6.45, 7) is 3.11. The molecular formula is C17H16Cl3N3. The Bertz CT molecular complexity index is 725. The molecular weight excluding hydrogens is 353 g/mol. The van der Waals surface area contributed by atoms with Crippen molar-refractivity contribution in [2.24, 2.45) is 0 Å². The predicted molar refractivity (Wildman–Crippen MR) is 98.5 cm³/mol. The van der Waals surface area contributed by atoms with Gasteiger partial charge in [0, 0.05) is 31.7 Å². The molecule has 1 heterocycles. The third-order valence-electron chi connectivity index (χ3n) is 4.00. The molecule has 1 fully saturated rings. The van der Waals surface area contributed by atoms with Crippen molar-refractivity contribution >= 4 is 46.3 Å². The number of nitrogens with zero attached hydrogens (tertiary/aromatic N) is 2. The minimum absolute atomic E-state index is 0.413. The smallest absolute Gasteiger partial charge is 0.129 e. The summed E-state index contributed by atoms with van der Waals surface area (Å²) in [7, 11) is 0. The molecule has 1 aliphatic heterocycles. The van der Waals surface area contributed by atoms with E-state index >= 15 is 0 Å². The molecule has 0 spiro atoms. The van der Waals surface area contributed by atoms with Gasteiger partial charge in [0.2, 0.25) is 0 Å². The Labute approximate surface area is 150 Å². The average molecular weight is 369 g/mol. The summed E-state index contributed by atoms with van der Waals surface area (Å²) in [5, 5.41) is 10.1. The number of rotatable bonds is 2. The first kappa shape index (κ1) is 16.4. The second-order valence-electron chi connectivity index (χ2n) is 5.38. The van der Waals surface area contributed by atoms with E-state index in [1.807, 2.05) is 41.3 Å². The van der Waals surface area contributed by atoms with E-state index in [0.717, 1.165) is 36.9 Å². The molecule has 3 rings (SSSR count). The number of hydrogen-bond donors (Lipinski definition) is 1. The molecule has 0 atom stereocenters. The first-order chi connectivity index (χ1) is 11.1. The topological polar surface area (TPSA) is 30.3 Å². The van der Waals surface area contributed by atoms with Crippen LogP contribution in [0.5, 0.6) is 0 Å². The van der Waals surface area contributed by atoms with E-state index in [1.54, 1.807) is 6.07 Å². The summed E-state index contributed by atoms with van der Waals surface area (Å²) in [6, 6.07) is 13.2. The van der Waals surface area contributed by atoms with Crippen LogP contribution in [0.25, 0.3) is 0 Å². The van der Waals surface area contributed by atoms with E-state index in [4.69, 9.17) is 40.2 Å². The first-order valence-electron chi connectivity index (χ1n) is 7.35. The Morgan fingerprint density at radius 2 is 1.48 bits per heavy atom. The summed E-state index contributed by atoms with van der Waals surface area (Å²) in [5.41, 5.74) is 1.71. The normalized spacial score (nSPS) is 14.9. The van der Waals surface area contributed by atoms with Crippen LogP contribution >= 0.6 is 34.8 Å². The van der Waals surface area contributed by atoms with Gasteiger partial charge in [-0.25, -0.2) is 0 Å². The molecule has 0 bridgehead atoms. The van der Waals surface area contributed by atoms with E-state index in [0.29, 0.717) is 21.4 Å². The highest BCUT2D eigenvalue weighted by atomic mass is 35.5. The van der Waals surface area contributed by atoms with Crippen molar-refractivity contribution < 1.29 is 0 Å². The molecule has 0 aliphatic carbocycles. The molecule has 3 nitrogen and oxygen atoms in total. The third-order valence-corrected chi connectivity index (χ3v) is 5.13. The molecule has 2 aromatic rings. The maximum atomic E-state index is 8.41. The van der Waals surface area contributed by atoms with Crippen LogP contribution in [0.4, 0.5) is 5.69 Å². The van der Waals surface area contributed by atoms with Crippen molar-refractivity contribution in [3.63, 3.8) is 0 Å². The van der Waals surface area contributed by atoms with Gasteiger partial charge in [-0.1, -0.05) is 53.0 Å². The maximum Gasteiger partial charge on any atom is 0.129 e. The number of benzene rings is 2. The largest absolute Gasteiger partial charge is 0.367 e. The van der Waals surface area contributed by atoms with Gasteiger partial charge in [0.25, 0.3) is 0 Å². The van der Waals surface area contributed by atoms with Crippen LogP contribution in [0.1, 0.15) is 5.56 Å². The number of para-hydroxylation sites is 1. The van der Waals surface area contributed by atoms with E-state index in [2.05, 4.69) is 4.90 Å². The van der Waals surface area contributed by atoms with Crippen LogP contribution in [-0.4, -0.2) is 36.9 Å². The molecule has 23 heavy (non-hydrogen) atoms. The number of hydrogen-bond acceptors (Lipinski definition) is 2. The Hall–Kier alpha value is -1.42. The quantitative estimate of drug-likeness (QED) is 0.610. The average Bonchev–Trinajstić information content (AvgIpc) is 2.57. The van der Waals surface area contributed by atoms with Crippen LogP contribution in [-0.2, 0) is 0 Å². The fourth-order valence-electron chi connectivity index (χ4n) is 2.74. The lowest BCUT2D eigenvalue weighted by Gasteiger charge is -2.37. The van der Waals surface area contributed by atoms with Crippen molar-refractivity contribution in [3.05, 3.63) is 63.1 Å². The first-order valence-corrected chi connectivity index (χ1v) is 8.48. The molecule has 1 saturated heterocycles. The number of amidine groups is 1. The van der Waals surface area contributed by atoms with Gasteiger partial charge in [0.1, 0.15) is 5.84 Å². The number of nitrogens with one attached hydrogen (secondary N) is 1. The van der Waals surface area contributed by atoms with Gasteiger partial charge in [-0.3, -0.25) is 5.41 Å². The lowest BCUT2D eigenvalue weighted by Crippen LogP contribution is -2.49. The second-order valence-corrected chi connectivity index (χ2v) is 6.57. The van der Waals surface area contributed by atoms with E-state index in [1.165, 1.54) is 0 Å². The van der Waals surface area contributed by atoms with Gasteiger partial charge in [0.05, 0.1) is 20.8 Å². The summed E-state index contributed by atoms with van der Waals surface area (Å²) in [4.78, 5) is 4.26. The Morgan fingerprint density at radius 3 is 2.17 bits per heavy atom. The summed E-state index contributed by atoms with van der Waals surface area (Å²) >= 11 is 18.5. The van der Waals surface area contributed by atoms with Crippen LogP contribution < -0.4 is 4.90 Å². The van der Waals surface area contributed by atoms with Gasteiger partial charge < -0.3 is 9.80 Å². The Morgan fingerprint density at radius 1 is 0.826 bits per heavy atom. The highest BCUT2D eigenvalue weighted by molar-refractivity contribution is 6.43. The van der Waals surface area contributed by atoms with Gasteiger partial charge in [-0.05, 0) is 24.3 Å². The Balaban J connectivity index is 1.71. The van der Waals surface area contributed by atoms with E-state index in [9.17, 15) is 0 Å². The van der Waals surface area contributed by atoms with Crippen molar-refractivity contribution in [2.75, 3.05) is 31.1 Å².